The zero-order chi connectivity index (χ0) is 25.5. The highest BCUT2D eigenvalue weighted by molar-refractivity contribution is 6.32. The molecule has 0 aliphatic rings. The Bertz CT molecular complexity index is 1380. The van der Waals surface area contributed by atoms with E-state index in [9.17, 15) is 4.79 Å². The first kappa shape index (κ1) is 24.4. The summed E-state index contributed by atoms with van der Waals surface area (Å²) in [7, 11) is 0. The lowest BCUT2D eigenvalue weighted by Crippen LogP contribution is -2.19. The van der Waals surface area contributed by atoms with Crippen LogP contribution in [0.3, 0.4) is 0 Å². The van der Waals surface area contributed by atoms with Crippen LogP contribution in [0.5, 0.6) is 23.0 Å². The van der Waals surface area contributed by atoms with Crippen molar-refractivity contribution in [1.29, 1.82) is 5.26 Å². The summed E-state index contributed by atoms with van der Waals surface area (Å²) in [5.74, 6) is 1.68. The minimum Gasteiger partial charge on any atom is -0.456 e. The minimum atomic E-state index is -0.503. The Morgan fingerprint density at radius 1 is 0.778 bits per heavy atom. The van der Waals surface area contributed by atoms with Crippen molar-refractivity contribution < 1.29 is 14.3 Å². The summed E-state index contributed by atoms with van der Waals surface area (Å²) in [6, 6.07) is 24.4. The second-order valence-corrected chi connectivity index (χ2v) is 8.13. The van der Waals surface area contributed by atoms with Gasteiger partial charge in [-0.15, -0.1) is 0 Å². The Morgan fingerprint density at radius 2 is 1.25 bits per heavy atom. The number of carbonyl (C=O) groups is 1. The van der Waals surface area contributed by atoms with Gasteiger partial charge in [-0.1, -0.05) is 35.3 Å². The fourth-order valence-electron chi connectivity index (χ4n) is 3.05. The summed E-state index contributed by atoms with van der Waals surface area (Å²) in [5, 5.41) is 15.1. The molecule has 0 atom stereocenters. The zero-order valence-electron chi connectivity index (χ0n) is 18.5. The number of anilines is 2. The van der Waals surface area contributed by atoms with Gasteiger partial charge in [0.25, 0.3) is 0 Å². The number of nitrogens with one attached hydrogen (secondary N) is 2. The van der Waals surface area contributed by atoms with Crippen molar-refractivity contribution in [2.24, 2.45) is 0 Å². The molecule has 0 aliphatic heterocycles. The van der Waals surface area contributed by atoms with Gasteiger partial charge >= 0.3 is 6.03 Å². The van der Waals surface area contributed by atoms with Crippen LogP contribution in [0.1, 0.15) is 5.56 Å². The first-order chi connectivity index (χ1) is 17.4. The first-order valence-electron chi connectivity index (χ1n) is 10.4. The van der Waals surface area contributed by atoms with Crippen LogP contribution in [0.4, 0.5) is 21.9 Å². The van der Waals surface area contributed by atoms with Crippen LogP contribution in [0.2, 0.25) is 10.0 Å². The van der Waals surface area contributed by atoms with Crippen molar-refractivity contribution >= 4 is 46.3 Å². The van der Waals surface area contributed by atoms with E-state index in [1.807, 2.05) is 6.07 Å². The van der Waals surface area contributed by atoms with Crippen LogP contribution in [-0.4, -0.2) is 6.03 Å². The molecule has 0 unspecified atom stereocenters. The SMILES string of the molecule is [C-]#[N+]c1ccc(Oc2cc(NC(=O)Nc3ccc(Cl)c(Oc4ccc(C#N)cc4)c3)ccc2Cl)cc1. The van der Waals surface area contributed by atoms with E-state index in [1.165, 1.54) is 0 Å². The molecule has 4 aromatic rings. The van der Waals surface area contributed by atoms with Gasteiger partial charge in [-0.3, -0.25) is 0 Å². The Labute approximate surface area is 217 Å². The van der Waals surface area contributed by atoms with Gasteiger partial charge in [0, 0.05) is 23.5 Å². The zero-order valence-corrected chi connectivity index (χ0v) is 20.0. The number of carbonyl (C=O) groups excluding carboxylic acids is 1. The molecule has 0 aromatic heterocycles. The second-order valence-electron chi connectivity index (χ2n) is 7.32. The maximum absolute atomic E-state index is 12.6. The van der Waals surface area contributed by atoms with Gasteiger partial charge in [0.15, 0.2) is 5.69 Å². The van der Waals surface area contributed by atoms with Gasteiger partial charge in [0.2, 0.25) is 0 Å². The number of nitriles is 1. The van der Waals surface area contributed by atoms with Crippen molar-refractivity contribution in [3.8, 4) is 29.1 Å². The predicted octanol–water partition coefficient (Wildman–Crippen LogP) is 8.64. The lowest BCUT2D eigenvalue weighted by molar-refractivity contribution is 0.262. The molecule has 36 heavy (non-hydrogen) atoms. The molecule has 4 rings (SSSR count). The van der Waals surface area contributed by atoms with E-state index in [2.05, 4.69) is 15.5 Å². The van der Waals surface area contributed by atoms with Crippen LogP contribution < -0.4 is 20.1 Å². The van der Waals surface area contributed by atoms with Crippen molar-refractivity contribution in [3.05, 3.63) is 112 Å². The van der Waals surface area contributed by atoms with Gasteiger partial charge in [-0.25, -0.2) is 9.64 Å². The number of hydrogen-bond donors (Lipinski definition) is 2. The van der Waals surface area contributed by atoms with Crippen LogP contribution >= 0.6 is 23.2 Å². The largest absolute Gasteiger partial charge is 0.456 e. The van der Waals surface area contributed by atoms with E-state index in [0.717, 1.165) is 0 Å². The number of urea groups is 1. The average Bonchev–Trinajstić information content (AvgIpc) is 2.89. The van der Waals surface area contributed by atoms with Gasteiger partial charge < -0.3 is 20.1 Å². The molecule has 176 valence electrons. The number of benzene rings is 4. The molecule has 9 heteroatoms. The van der Waals surface area contributed by atoms with Gasteiger partial charge in [-0.05, 0) is 60.7 Å². The molecule has 0 spiro atoms. The maximum atomic E-state index is 12.6. The Morgan fingerprint density at radius 3 is 1.69 bits per heavy atom. The predicted molar refractivity (Wildman–Crippen MR) is 140 cm³/mol. The van der Waals surface area contributed by atoms with Crippen LogP contribution in [0.15, 0.2) is 84.9 Å². The quantitative estimate of drug-likeness (QED) is 0.252. The van der Waals surface area contributed by atoms with E-state index < -0.39 is 6.03 Å². The second kappa shape index (κ2) is 11.2. The Kier molecular flexibility index (Phi) is 7.57. The highest BCUT2D eigenvalue weighted by Crippen LogP contribution is 2.34. The molecule has 0 radical (unpaired) electrons. The smallest absolute Gasteiger partial charge is 0.323 e. The molecule has 7 nitrogen and oxygen atoms in total. The molecule has 2 N–H and O–H groups in total. The van der Waals surface area contributed by atoms with Crippen LogP contribution in [0, 0.1) is 17.9 Å². The van der Waals surface area contributed by atoms with Crippen molar-refractivity contribution in [3.63, 3.8) is 0 Å². The van der Waals surface area contributed by atoms with Gasteiger partial charge in [-0.2, -0.15) is 5.26 Å². The maximum Gasteiger partial charge on any atom is 0.323 e. The number of halogens is 2. The third kappa shape index (κ3) is 6.25. The van der Waals surface area contributed by atoms with Crippen molar-refractivity contribution in [2.75, 3.05) is 10.6 Å². The lowest BCUT2D eigenvalue weighted by Gasteiger charge is -2.13. The standard InChI is InChI=1S/C27H16Cl2N4O3/c1-31-18-4-10-22(11-5-18)36-26-15-20(7-13-24(26)29)33-27(34)32-19-6-12-23(28)25(14-19)35-21-8-2-17(16-30)3-9-21/h2-15H,(H2,32,33,34). The number of nitrogens with zero attached hydrogens (tertiary/aromatic N) is 2. The van der Waals surface area contributed by atoms with Crippen molar-refractivity contribution in [2.45, 2.75) is 0 Å². The summed E-state index contributed by atoms with van der Waals surface area (Å²) in [6.45, 7) is 7.02. The van der Waals surface area contributed by atoms with E-state index >= 15 is 0 Å². The molecule has 4 aromatic carbocycles. The number of ether oxygens (including phenoxy) is 2. The molecule has 0 saturated carbocycles. The fourth-order valence-corrected chi connectivity index (χ4v) is 3.36. The minimum absolute atomic E-state index is 0.339. The average molecular weight is 515 g/mol. The van der Waals surface area contributed by atoms with Crippen molar-refractivity contribution in [1.82, 2.24) is 0 Å². The number of amides is 2. The highest BCUT2D eigenvalue weighted by Gasteiger charge is 2.11. The summed E-state index contributed by atoms with van der Waals surface area (Å²) < 4.78 is 11.6. The van der Waals surface area contributed by atoms with Crippen LogP contribution in [-0.2, 0) is 0 Å². The monoisotopic (exact) mass is 514 g/mol. The van der Waals surface area contributed by atoms with Crippen LogP contribution in [0.25, 0.3) is 4.85 Å². The molecule has 0 heterocycles. The Hall–Kier alpha value is -4.69. The molecule has 2 amide bonds. The highest BCUT2D eigenvalue weighted by atomic mass is 35.5. The number of rotatable bonds is 6. The third-order valence-corrected chi connectivity index (χ3v) is 5.41. The summed E-state index contributed by atoms with van der Waals surface area (Å²) in [4.78, 5) is 15.9. The van der Waals surface area contributed by atoms with E-state index in [-0.39, 0.29) is 0 Å². The van der Waals surface area contributed by atoms with Gasteiger partial charge in [0.1, 0.15) is 23.0 Å². The summed E-state index contributed by atoms with van der Waals surface area (Å²) >= 11 is 12.5. The van der Waals surface area contributed by atoms with E-state index in [4.69, 9.17) is 44.5 Å². The molecule has 0 aliphatic carbocycles. The molecule has 0 saturated heterocycles. The lowest BCUT2D eigenvalue weighted by atomic mass is 10.2. The van der Waals surface area contributed by atoms with E-state index in [0.29, 0.717) is 55.7 Å². The Balaban J connectivity index is 1.43. The van der Waals surface area contributed by atoms with E-state index in [1.54, 1.807) is 84.9 Å². The fraction of sp³-hybridized carbons (Fsp3) is 0. The third-order valence-electron chi connectivity index (χ3n) is 4.78. The first-order valence-corrected chi connectivity index (χ1v) is 11.2. The van der Waals surface area contributed by atoms with Gasteiger partial charge in [0.05, 0.1) is 28.3 Å². The normalized spacial score (nSPS) is 10.0. The summed E-state index contributed by atoms with van der Waals surface area (Å²) in [6.07, 6.45) is 0. The number of hydrogen-bond acceptors (Lipinski definition) is 4. The summed E-state index contributed by atoms with van der Waals surface area (Å²) in [5.41, 5.74) is 1.90. The molecular formula is C27H16Cl2N4O3. The molecule has 0 bridgehead atoms. The molecule has 0 fully saturated rings. The molecular weight excluding hydrogens is 499 g/mol. The topological polar surface area (TPSA) is 87.7 Å².